The highest BCUT2D eigenvalue weighted by atomic mass is 16.5. The van der Waals surface area contributed by atoms with Crippen molar-refractivity contribution in [1.82, 2.24) is 25.4 Å². The Morgan fingerprint density at radius 2 is 2.23 bits per heavy atom. The number of ether oxygens (including phenoxy) is 2. The van der Waals surface area contributed by atoms with Gasteiger partial charge in [-0.2, -0.15) is 5.10 Å². The fraction of sp³-hybridized carbons (Fsp3) is 0.500. The van der Waals surface area contributed by atoms with Crippen LogP contribution in [0.3, 0.4) is 0 Å². The molecule has 140 valence electrons. The highest BCUT2D eigenvalue weighted by Gasteiger charge is 2.19. The minimum Gasteiger partial charge on any atom is -0.497 e. The summed E-state index contributed by atoms with van der Waals surface area (Å²) in [5.41, 5.74) is 0.941. The van der Waals surface area contributed by atoms with Crippen molar-refractivity contribution in [2.24, 2.45) is 10.9 Å². The van der Waals surface area contributed by atoms with Gasteiger partial charge in [-0.25, -0.2) is 4.98 Å². The van der Waals surface area contributed by atoms with Gasteiger partial charge in [0.1, 0.15) is 11.6 Å². The summed E-state index contributed by atoms with van der Waals surface area (Å²) in [5, 5.41) is 10.6. The molecule has 0 spiro atoms. The van der Waals surface area contributed by atoms with Crippen molar-refractivity contribution in [2.45, 2.75) is 13.0 Å². The van der Waals surface area contributed by atoms with Crippen LogP contribution in [0.4, 0.5) is 0 Å². The van der Waals surface area contributed by atoms with Crippen LogP contribution in [-0.4, -0.2) is 67.0 Å². The van der Waals surface area contributed by atoms with Crippen molar-refractivity contribution in [3.05, 3.63) is 30.1 Å². The van der Waals surface area contributed by atoms with Gasteiger partial charge in [-0.05, 0) is 30.7 Å². The number of hydrogen-bond acceptors (Lipinski definition) is 5. The average Bonchev–Trinajstić information content (AvgIpc) is 3.34. The number of aromatic amines is 1. The van der Waals surface area contributed by atoms with Crippen LogP contribution in [0.5, 0.6) is 5.75 Å². The number of nitrogens with one attached hydrogen (secondary N) is 2. The topological polar surface area (TPSA) is 87.7 Å². The minimum absolute atomic E-state index is 0.529. The number of nitrogens with zero attached hydrogens (tertiary/aromatic N) is 4. The molecule has 1 aliphatic rings. The van der Waals surface area contributed by atoms with Crippen molar-refractivity contribution >= 4 is 5.96 Å². The van der Waals surface area contributed by atoms with Gasteiger partial charge in [0.05, 0.1) is 20.3 Å². The van der Waals surface area contributed by atoms with E-state index < -0.39 is 0 Å². The molecule has 1 aliphatic heterocycles. The molecule has 8 heteroatoms. The monoisotopic (exact) mass is 358 g/mol. The van der Waals surface area contributed by atoms with Gasteiger partial charge in [0.25, 0.3) is 0 Å². The van der Waals surface area contributed by atoms with Crippen molar-refractivity contribution in [3.8, 4) is 17.1 Å². The Balaban J connectivity index is 1.55. The lowest BCUT2D eigenvalue weighted by atomic mass is 10.1. The van der Waals surface area contributed by atoms with E-state index in [1.807, 2.05) is 31.3 Å². The van der Waals surface area contributed by atoms with Crippen LogP contribution in [0, 0.1) is 5.92 Å². The van der Waals surface area contributed by atoms with E-state index in [1.165, 1.54) is 0 Å². The van der Waals surface area contributed by atoms with Crippen LogP contribution < -0.4 is 10.1 Å². The molecule has 2 aromatic rings. The molecular weight excluding hydrogens is 332 g/mol. The lowest BCUT2D eigenvalue weighted by Crippen LogP contribution is -2.41. The lowest BCUT2D eigenvalue weighted by Gasteiger charge is -2.24. The molecule has 1 aromatic heterocycles. The molecular formula is C18H26N6O2. The highest BCUT2D eigenvalue weighted by molar-refractivity contribution is 5.79. The van der Waals surface area contributed by atoms with Gasteiger partial charge in [0.2, 0.25) is 0 Å². The molecule has 0 bridgehead atoms. The van der Waals surface area contributed by atoms with Gasteiger partial charge in [0, 0.05) is 38.7 Å². The van der Waals surface area contributed by atoms with Crippen LogP contribution in [-0.2, 0) is 11.3 Å². The van der Waals surface area contributed by atoms with E-state index >= 15 is 0 Å². The third kappa shape index (κ3) is 4.51. The van der Waals surface area contributed by atoms with Gasteiger partial charge < -0.3 is 19.7 Å². The third-order valence-electron chi connectivity index (χ3n) is 4.42. The predicted molar refractivity (Wildman–Crippen MR) is 100 cm³/mol. The first-order valence-electron chi connectivity index (χ1n) is 8.75. The fourth-order valence-corrected chi connectivity index (χ4v) is 2.99. The fourth-order valence-electron chi connectivity index (χ4n) is 2.99. The maximum Gasteiger partial charge on any atom is 0.193 e. The molecule has 1 unspecified atom stereocenters. The molecule has 3 rings (SSSR count). The second-order valence-electron chi connectivity index (χ2n) is 6.35. The third-order valence-corrected chi connectivity index (χ3v) is 4.42. The molecule has 8 nitrogen and oxygen atoms in total. The summed E-state index contributed by atoms with van der Waals surface area (Å²) < 4.78 is 10.6. The number of methoxy groups -OCH3 is 1. The number of aromatic nitrogens is 3. The molecule has 26 heavy (non-hydrogen) atoms. The Kier molecular flexibility index (Phi) is 6.06. The molecule has 1 fully saturated rings. The molecule has 1 atom stereocenters. The Labute approximate surface area is 153 Å². The molecule has 1 saturated heterocycles. The summed E-state index contributed by atoms with van der Waals surface area (Å²) in [6.45, 7) is 3.14. The molecule has 0 saturated carbocycles. The summed E-state index contributed by atoms with van der Waals surface area (Å²) in [6, 6.07) is 7.67. The van der Waals surface area contributed by atoms with E-state index in [4.69, 9.17) is 9.47 Å². The van der Waals surface area contributed by atoms with Gasteiger partial charge >= 0.3 is 0 Å². The summed E-state index contributed by atoms with van der Waals surface area (Å²) >= 11 is 0. The van der Waals surface area contributed by atoms with E-state index in [2.05, 4.69) is 30.4 Å². The van der Waals surface area contributed by atoms with Crippen LogP contribution in [0.25, 0.3) is 11.4 Å². The smallest absolute Gasteiger partial charge is 0.193 e. The highest BCUT2D eigenvalue weighted by Crippen LogP contribution is 2.19. The van der Waals surface area contributed by atoms with Crippen molar-refractivity contribution in [2.75, 3.05) is 41.0 Å². The number of guanidine groups is 1. The average molecular weight is 358 g/mol. The van der Waals surface area contributed by atoms with Crippen LogP contribution >= 0.6 is 0 Å². The predicted octanol–water partition coefficient (Wildman–Crippen LogP) is 1.52. The number of rotatable bonds is 6. The summed E-state index contributed by atoms with van der Waals surface area (Å²) in [4.78, 5) is 11.0. The SMILES string of the molecule is CN=C(NCc1nc(-c2ccc(OC)cc2)n[nH]1)N(C)CC1CCOC1. The molecule has 2 N–H and O–H groups in total. The summed E-state index contributed by atoms with van der Waals surface area (Å²) in [6.07, 6.45) is 1.11. The van der Waals surface area contributed by atoms with E-state index in [-0.39, 0.29) is 0 Å². The summed E-state index contributed by atoms with van der Waals surface area (Å²) in [5.74, 6) is 3.63. The standard InChI is InChI=1S/C18H26N6O2/c1-19-18(24(2)11-13-8-9-26-12-13)20-10-16-21-17(23-22-16)14-4-6-15(25-3)7-5-14/h4-7,13H,8-12H2,1-3H3,(H,19,20)(H,21,22,23). The lowest BCUT2D eigenvalue weighted by molar-refractivity contribution is 0.181. The van der Waals surface area contributed by atoms with Crippen LogP contribution in [0.2, 0.25) is 0 Å². The molecule has 0 radical (unpaired) electrons. The molecule has 1 aromatic carbocycles. The van der Waals surface area contributed by atoms with E-state index in [9.17, 15) is 0 Å². The molecule has 2 heterocycles. The van der Waals surface area contributed by atoms with Gasteiger partial charge in [-0.1, -0.05) is 0 Å². The Bertz CT molecular complexity index is 722. The number of aliphatic imine (C=N–C) groups is 1. The summed E-state index contributed by atoms with van der Waals surface area (Å²) in [7, 11) is 5.47. The van der Waals surface area contributed by atoms with Gasteiger partial charge in [-0.3, -0.25) is 10.1 Å². The second-order valence-corrected chi connectivity index (χ2v) is 6.35. The van der Waals surface area contributed by atoms with Gasteiger partial charge in [0.15, 0.2) is 11.8 Å². The largest absolute Gasteiger partial charge is 0.497 e. The Morgan fingerprint density at radius 3 is 2.88 bits per heavy atom. The zero-order chi connectivity index (χ0) is 18.4. The quantitative estimate of drug-likeness (QED) is 0.601. The first-order valence-corrected chi connectivity index (χ1v) is 8.75. The van der Waals surface area contributed by atoms with Crippen molar-refractivity contribution < 1.29 is 9.47 Å². The minimum atomic E-state index is 0.529. The number of benzene rings is 1. The first kappa shape index (κ1) is 18.2. The Hall–Kier alpha value is -2.61. The second kappa shape index (κ2) is 8.66. The van der Waals surface area contributed by atoms with E-state index in [0.29, 0.717) is 18.3 Å². The molecule has 0 aliphatic carbocycles. The van der Waals surface area contributed by atoms with Crippen LogP contribution in [0.15, 0.2) is 29.3 Å². The first-order chi connectivity index (χ1) is 12.7. The molecule has 0 amide bonds. The number of H-pyrrole nitrogens is 1. The zero-order valence-electron chi connectivity index (χ0n) is 15.5. The number of hydrogen-bond donors (Lipinski definition) is 2. The van der Waals surface area contributed by atoms with Gasteiger partial charge in [-0.15, -0.1) is 0 Å². The maximum absolute atomic E-state index is 5.44. The normalized spacial score (nSPS) is 17.3. The van der Waals surface area contributed by atoms with Crippen molar-refractivity contribution in [1.29, 1.82) is 0 Å². The van der Waals surface area contributed by atoms with E-state index in [1.54, 1.807) is 14.2 Å². The Morgan fingerprint density at radius 1 is 1.42 bits per heavy atom. The zero-order valence-corrected chi connectivity index (χ0v) is 15.5. The van der Waals surface area contributed by atoms with E-state index in [0.717, 1.165) is 49.3 Å². The van der Waals surface area contributed by atoms with Crippen molar-refractivity contribution in [3.63, 3.8) is 0 Å². The van der Waals surface area contributed by atoms with Crippen LogP contribution in [0.1, 0.15) is 12.2 Å². The maximum atomic E-state index is 5.44.